The number of nitrogens with two attached hydrogens (primary N) is 1. The molecule has 0 bridgehead atoms. The van der Waals surface area contributed by atoms with Gasteiger partial charge in [-0.25, -0.2) is 4.98 Å². The summed E-state index contributed by atoms with van der Waals surface area (Å²) >= 11 is 3.43. The van der Waals surface area contributed by atoms with E-state index in [-0.39, 0.29) is 17.0 Å². The number of aromatic amines is 1. The number of para-hydroxylation sites is 1. The molecule has 0 saturated carbocycles. The van der Waals surface area contributed by atoms with E-state index in [0.717, 1.165) is 15.7 Å². The van der Waals surface area contributed by atoms with Crippen LogP contribution in [0.1, 0.15) is 0 Å². The Morgan fingerprint density at radius 2 is 1.71 bits per heavy atom. The summed E-state index contributed by atoms with van der Waals surface area (Å²) in [4.78, 5) is 23.5. The van der Waals surface area contributed by atoms with E-state index in [0.29, 0.717) is 11.5 Å². The van der Waals surface area contributed by atoms with Crippen LogP contribution < -0.4 is 11.3 Å². The Kier molecular flexibility index (Phi) is 3.42. The minimum atomic E-state index is -0.356. The Hall–Kier alpha value is -2.93. The van der Waals surface area contributed by atoms with Crippen molar-refractivity contribution >= 4 is 33.0 Å². The standard InChI is InChI=1S/C17H12BrN5O/c18-11-8-6-10(7-9-11)14-20-13-15(21-17(19)22-16(13)24)23(14)12-4-2-1-3-5-12/h1-9H,(H3,19,21,22,24). The van der Waals surface area contributed by atoms with Crippen molar-refractivity contribution in [1.82, 2.24) is 19.5 Å². The number of fused-ring (bicyclic) bond motifs is 1. The van der Waals surface area contributed by atoms with Gasteiger partial charge >= 0.3 is 0 Å². The molecule has 0 aliphatic heterocycles. The number of nitrogens with one attached hydrogen (secondary N) is 1. The first kappa shape index (κ1) is 14.6. The highest BCUT2D eigenvalue weighted by Crippen LogP contribution is 2.27. The van der Waals surface area contributed by atoms with Crippen molar-refractivity contribution in [3.8, 4) is 17.1 Å². The molecule has 2 heterocycles. The number of anilines is 1. The SMILES string of the molecule is Nc1nc2c(nc(-c3ccc(Br)cc3)n2-c2ccccc2)c(=O)[nH]1. The van der Waals surface area contributed by atoms with Gasteiger partial charge in [-0.2, -0.15) is 4.98 Å². The molecule has 6 nitrogen and oxygen atoms in total. The lowest BCUT2D eigenvalue weighted by Gasteiger charge is -2.09. The van der Waals surface area contributed by atoms with Gasteiger partial charge in [-0.05, 0) is 24.3 Å². The predicted molar refractivity (Wildman–Crippen MR) is 97.0 cm³/mol. The van der Waals surface area contributed by atoms with Gasteiger partial charge in [0.25, 0.3) is 5.56 Å². The molecule has 0 atom stereocenters. The molecule has 7 heteroatoms. The van der Waals surface area contributed by atoms with Gasteiger partial charge in [-0.15, -0.1) is 0 Å². The summed E-state index contributed by atoms with van der Waals surface area (Å²) in [5.74, 6) is 0.694. The summed E-state index contributed by atoms with van der Waals surface area (Å²) in [6.07, 6.45) is 0. The van der Waals surface area contributed by atoms with Gasteiger partial charge in [0.15, 0.2) is 11.2 Å². The molecule has 0 aliphatic rings. The van der Waals surface area contributed by atoms with Gasteiger partial charge in [0.1, 0.15) is 5.82 Å². The molecule has 0 unspecified atom stereocenters. The van der Waals surface area contributed by atoms with Gasteiger partial charge in [0, 0.05) is 15.7 Å². The molecule has 0 spiro atoms. The van der Waals surface area contributed by atoms with E-state index in [2.05, 4.69) is 30.9 Å². The first-order valence-corrected chi connectivity index (χ1v) is 8.02. The average Bonchev–Trinajstić information content (AvgIpc) is 2.96. The van der Waals surface area contributed by atoms with Crippen molar-refractivity contribution in [3.05, 3.63) is 69.4 Å². The van der Waals surface area contributed by atoms with Crippen LogP contribution in [0.2, 0.25) is 0 Å². The van der Waals surface area contributed by atoms with Gasteiger partial charge < -0.3 is 5.73 Å². The first-order chi connectivity index (χ1) is 11.6. The zero-order chi connectivity index (χ0) is 16.7. The van der Waals surface area contributed by atoms with Crippen LogP contribution in [0.4, 0.5) is 5.95 Å². The second-order valence-corrected chi connectivity index (χ2v) is 6.15. The quantitative estimate of drug-likeness (QED) is 0.558. The molecule has 0 amide bonds. The number of H-pyrrole nitrogens is 1. The van der Waals surface area contributed by atoms with Gasteiger partial charge in [-0.3, -0.25) is 14.3 Å². The Morgan fingerprint density at radius 3 is 2.42 bits per heavy atom. The zero-order valence-electron chi connectivity index (χ0n) is 12.4. The molecule has 0 fully saturated rings. The van der Waals surface area contributed by atoms with Crippen LogP contribution in [0.5, 0.6) is 0 Å². The van der Waals surface area contributed by atoms with Gasteiger partial charge in [0.05, 0.1) is 0 Å². The van der Waals surface area contributed by atoms with E-state index >= 15 is 0 Å². The maximum Gasteiger partial charge on any atom is 0.280 e. The summed E-state index contributed by atoms with van der Waals surface area (Å²) in [5.41, 5.74) is 7.79. The Labute approximate surface area is 145 Å². The Bertz CT molecular complexity index is 1080. The van der Waals surface area contributed by atoms with Crippen molar-refractivity contribution in [1.29, 1.82) is 0 Å². The second-order valence-electron chi connectivity index (χ2n) is 5.24. The van der Waals surface area contributed by atoms with E-state index < -0.39 is 0 Å². The number of aromatic nitrogens is 4. The van der Waals surface area contributed by atoms with Gasteiger partial charge in [0.2, 0.25) is 5.95 Å². The van der Waals surface area contributed by atoms with Crippen molar-refractivity contribution in [2.24, 2.45) is 0 Å². The predicted octanol–water partition coefficient (Wildman–Crippen LogP) is 3.12. The van der Waals surface area contributed by atoms with E-state index in [9.17, 15) is 4.79 Å². The van der Waals surface area contributed by atoms with Gasteiger partial charge in [-0.1, -0.05) is 46.3 Å². The van der Waals surface area contributed by atoms with Crippen LogP contribution in [0.25, 0.3) is 28.2 Å². The van der Waals surface area contributed by atoms with E-state index in [1.54, 1.807) is 0 Å². The molecule has 2 aromatic heterocycles. The number of halogens is 1. The summed E-state index contributed by atoms with van der Waals surface area (Å²) in [5, 5.41) is 0. The van der Waals surface area contributed by atoms with E-state index in [1.807, 2.05) is 59.2 Å². The number of nitrogen functional groups attached to an aromatic ring is 1. The highest BCUT2D eigenvalue weighted by Gasteiger charge is 2.18. The monoisotopic (exact) mass is 381 g/mol. The summed E-state index contributed by atoms with van der Waals surface area (Å²) < 4.78 is 2.80. The maximum atomic E-state index is 12.2. The van der Waals surface area contributed by atoms with Crippen LogP contribution in [0.15, 0.2) is 63.9 Å². The van der Waals surface area contributed by atoms with Crippen molar-refractivity contribution < 1.29 is 0 Å². The largest absolute Gasteiger partial charge is 0.369 e. The minimum Gasteiger partial charge on any atom is -0.369 e. The first-order valence-electron chi connectivity index (χ1n) is 7.23. The number of nitrogens with zero attached hydrogens (tertiary/aromatic N) is 3. The molecule has 0 radical (unpaired) electrons. The number of hydrogen-bond donors (Lipinski definition) is 2. The van der Waals surface area contributed by atoms with E-state index in [1.165, 1.54) is 0 Å². The van der Waals surface area contributed by atoms with E-state index in [4.69, 9.17) is 5.73 Å². The molecule has 4 aromatic rings. The van der Waals surface area contributed by atoms with Crippen LogP contribution in [-0.4, -0.2) is 19.5 Å². The minimum absolute atomic E-state index is 0.0620. The molecule has 118 valence electrons. The summed E-state index contributed by atoms with van der Waals surface area (Å²) in [6.45, 7) is 0. The third-order valence-electron chi connectivity index (χ3n) is 3.65. The molecular weight excluding hydrogens is 370 g/mol. The molecular formula is C17H12BrN5O. The second kappa shape index (κ2) is 5.61. The Morgan fingerprint density at radius 1 is 1.00 bits per heavy atom. The van der Waals surface area contributed by atoms with Crippen molar-refractivity contribution in [2.45, 2.75) is 0 Å². The number of benzene rings is 2. The average molecular weight is 382 g/mol. The summed E-state index contributed by atoms with van der Waals surface area (Å²) in [7, 11) is 0. The number of imidazole rings is 1. The highest BCUT2D eigenvalue weighted by atomic mass is 79.9. The molecule has 4 rings (SSSR count). The Balaban J connectivity index is 2.11. The number of hydrogen-bond acceptors (Lipinski definition) is 4. The topological polar surface area (TPSA) is 89.6 Å². The lowest BCUT2D eigenvalue weighted by atomic mass is 10.2. The van der Waals surface area contributed by atoms with Crippen molar-refractivity contribution in [3.63, 3.8) is 0 Å². The third kappa shape index (κ3) is 2.39. The molecule has 3 N–H and O–H groups in total. The normalized spacial score (nSPS) is 11.0. The fourth-order valence-electron chi connectivity index (χ4n) is 2.60. The highest BCUT2D eigenvalue weighted by molar-refractivity contribution is 9.10. The van der Waals surface area contributed by atoms with Crippen LogP contribution >= 0.6 is 15.9 Å². The molecule has 24 heavy (non-hydrogen) atoms. The van der Waals surface area contributed by atoms with Crippen LogP contribution in [0.3, 0.4) is 0 Å². The maximum absolute atomic E-state index is 12.2. The number of rotatable bonds is 2. The van der Waals surface area contributed by atoms with Crippen molar-refractivity contribution in [2.75, 3.05) is 5.73 Å². The molecule has 0 saturated heterocycles. The smallest absolute Gasteiger partial charge is 0.280 e. The van der Waals surface area contributed by atoms with Crippen LogP contribution in [-0.2, 0) is 0 Å². The fraction of sp³-hybridized carbons (Fsp3) is 0. The summed E-state index contributed by atoms with van der Waals surface area (Å²) in [6, 6.07) is 17.4. The molecule has 2 aromatic carbocycles. The third-order valence-corrected chi connectivity index (χ3v) is 4.18. The fourth-order valence-corrected chi connectivity index (χ4v) is 2.86. The zero-order valence-corrected chi connectivity index (χ0v) is 14.0. The molecule has 0 aliphatic carbocycles. The van der Waals surface area contributed by atoms with Crippen LogP contribution in [0, 0.1) is 0 Å². The lowest BCUT2D eigenvalue weighted by Crippen LogP contribution is -2.12. The lowest BCUT2D eigenvalue weighted by molar-refractivity contribution is 1.07.